The Hall–Kier alpha value is -3.53. The molecule has 0 aromatic heterocycles. The van der Waals surface area contributed by atoms with Gasteiger partial charge in [0.1, 0.15) is 5.82 Å². The molecular weight excluding hydrogens is 513 g/mol. The van der Waals surface area contributed by atoms with E-state index >= 15 is 0 Å². The molecule has 192 valence electrons. The van der Waals surface area contributed by atoms with Crippen LogP contribution >= 0.6 is 23.8 Å². The summed E-state index contributed by atoms with van der Waals surface area (Å²) in [6, 6.07) is 16.6. The molecule has 37 heavy (non-hydrogen) atoms. The molecule has 1 fully saturated rings. The average Bonchev–Trinajstić information content (AvgIpc) is 2.87. The van der Waals surface area contributed by atoms with Crippen molar-refractivity contribution in [1.29, 1.82) is 0 Å². The Morgan fingerprint density at radius 3 is 2.30 bits per heavy atom. The Balaban J connectivity index is 1.33. The third-order valence-corrected chi connectivity index (χ3v) is 6.55. The minimum Gasteiger partial charge on any atom is -0.366 e. The first-order valence-corrected chi connectivity index (χ1v) is 12.7. The highest BCUT2D eigenvalue weighted by Gasteiger charge is 2.16. The zero-order valence-electron chi connectivity index (χ0n) is 20.0. The van der Waals surface area contributed by atoms with Crippen molar-refractivity contribution in [2.75, 3.05) is 35.6 Å². The van der Waals surface area contributed by atoms with Crippen LogP contribution in [0.4, 0.5) is 21.5 Å². The van der Waals surface area contributed by atoms with Gasteiger partial charge in [0.2, 0.25) is 5.91 Å². The van der Waals surface area contributed by atoms with Crippen LogP contribution in [0, 0.1) is 5.82 Å². The lowest BCUT2D eigenvalue weighted by Gasteiger charge is -2.25. The van der Waals surface area contributed by atoms with Gasteiger partial charge in [0.05, 0.1) is 22.8 Å². The van der Waals surface area contributed by atoms with E-state index in [0.717, 1.165) is 25.9 Å². The fourth-order valence-electron chi connectivity index (χ4n) is 4.18. The van der Waals surface area contributed by atoms with E-state index in [4.69, 9.17) is 29.6 Å². The molecule has 2 amide bonds. The number of carbonyl (C=O) groups excluding carboxylic acids is 2. The number of anilines is 3. The molecule has 0 spiro atoms. The van der Waals surface area contributed by atoms with Crippen LogP contribution in [0.5, 0.6) is 0 Å². The van der Waals surface area contributed by atoms with Gasteiger partial charge in [-0.05, 0) is 80.1 Å². The summed E-state index contributed by atoms with van der Waals surface area (Å²) in [6.07, 6.45) is 3.46. The van der Waals surface area contributed by atoms with Gasteiger partial charge in [-0.3, -0.25) is 14.5 Å². The fourth-order valence-corrected chi connectivity index (χ4v) is 4.64. The zero-order chi connectivity index (χ0) is 26.4. The van der Waals surface area contributed by atoms with E-state index in [1.54, 1.807) is 54.6 Å². The molecule has 5 N–H and O–H groups in total. The molecule has 0 atom stereocenters. The highest BCUT2D eigenvalue weighted by atomic mass is 35.5. The number of thiocarbonyl (C=S) groups is 1. The van der Waals surface area contributed by atoms with Gasteiger partial charge >= 0.3 is 0 Å². The molecule has 0 radical (unpaired) electrons. The third kappa shape index (κ3) is 7.03. The molecule has 0 saturated carbocycles. The Labute approximate surface area is 225 Å². The summed E-state index contributed by atoms with van der Waals surface area (Å²) in [4.78, 5) is 25.9. The molecule has 1 aliphatic rings. The molecule has 0 unspecified atom stereocenters. The van der Waals surface area contributed by atoms with Crippen molar-refractivity contribution in [2.45, 2.75) is 19.3 Å². The Morgan fingerprint density at radius 2 is 1.62 bits per heavy atom. The molecule has 3 aromatic rings. The number of likely N-dealkylation sites (tertiary alicyclic amines) is 1. The van der Waals surface area contributed by atoms with Gasteiger partial charge in [-0.25, -0.2) is 4.39 Å². The number of hydrogen-bond donors (Lipinski definition) is 4. The first kappa shape index (κ1) is 26.5. The first-order chi connectivity index (χ1) is 17.8. The molecule has 0 bridgehead atoms. The van der Waals surface area contributed by atoms with E-state index in [0.29, 0.717) is 39.3 Å². The van der Waals surface area contributed by atoms with E-state index in [2.05, 4.69) is 20.9 Å². The van der Waals surface area contributed by atoms with E-state index in [-0.39, 0.29) is 17.0 Å². The summed E-state index contributed by atoms with van der Waals surface area (Å²) in [6.45, 7) is 2.24. The van der Waals surface area contributed by atoms with Crippen molar-refractivity contribution >= 4 is 57.8 Å². The van der Waals surface area contributed by atoms with E-state index < -0.39 is 11.7 Å². The largest absolute Gasteiger partial charge is 0.366 e. The summed E-state index contributed by atoms with van der Waals surface area (Å²) in [5.41, 5.74) is 7.82. The number of nitrogens with one attached hydrogen (secondary N) is 3. The lowest BCUT2D eigenvalue weighted by Crippen LogP contribution is -2.36. The maximum absolute atomic E-state index is 14.6. The van der Waals surface area contributed by atoms with Gasteiger partial charge < -0.3 is 21.7 Å². The maximum Gasteiger partial charge on any atom is 0.251 e. The van der Waals surface area contributed by atoms with Crippen molar-refractivity contribution < 1.29 is 14.0 Å². The monoisotopic (exact) mass is 539 g/mol. The number of nitrogens with two attached hydrogens (primary N) is 1. The number of halogens is 2. The molecule has 0 aliphatic carbocycles. The minimum atomic E-state index is -0.818. The smallest absolute Gasteiger partial charge is 0.251 e. The number of nitrogens with zero attached hydrogens (tertiary/aromatic N) is 1. The molecule has 7 nitrogen and oxygen atoms in total. The Kier molecular flexibility index (Phi) is 8.70. The second-order valence-electron chi connectivity index (χ2n) is 8.77. The second kappa shape index (κ2) is 12.1. The van der Waals surface area contributed by atoms with Crippen LogP contribution in [0.1, 0.15) is 29.6 Å². The Bertz CT molecular complexity index is 1310. The van der Waals surface area contributed by atoms with Crippen LogP contribution < -0.4 is 21.7 Å². The van der Waals surface area contributed by atoms with Crippen LogP contribution in [0.2, 0.25) is 5.02 Å². The van der Waals surface area contributed by atoms with Crippen molar-refractivity contribution in [3.63, 3.8) is 0 Å². The van der Waals surface area contributed by atoms with E-state index in [9.17, 15) is 14.0 Å². The maximum atomic E-state index is 14.6. The SMILES string of the molecule is NC(=O)c1cccc(-c2ccc(NC(=S)Nc3ccc(NC(=O)CN4CCCCC4)c(Cl)c3)cc2)c1F. The topological polar surface area (TPSA) is 99.5 Å². The number of rotatable bonds is 7. The van der Waals surface area contributed by atoms with Crippen LogP contribution in [0.15, 0.2) is 60.7 Å². The molecule has 1 heterocycles. The molecule has 10 heteroatoms. The van der Waals surface area contributed by atoms with Gasteiger partial charge in [-0.1, -0.05) is 42.3 Å². The quantitative estimate of drug-likeness (QED) is 0.297. The summed E-state index contributed by atoms with van der Waals surface area (Å²) in [5.74, 6) is -1.57. The van der Waals surface area contributed by atoms with Crippen LogP contribution in [-0.4, -0.2) is 41.5 Å². The number of benzene rings is 3. The lowest BCUT2D eigenvalue weighted by atomic mass is 10.0. The Morgan fingerprint density at radius 1 is 0.946 bits per heavy atom. The normalized spacial score (nSPS) is 13.6. The predicted octanol–water partition coefficient (Wildman–Crippen LogP) is 5.48. The average molecular weight is 540 g/mol. The lowest BCUT2D eigenvalue weighted by molar-refractivity contribution is -0.117. The van der Waals surface area contributed by atoms with Crippen molar-refractivity contribution in [1.82, 2.24) is 4.90 Å². The van der Waals surface area contributed by atoms with Crippen LogP contribution in [-0.2, 0) is 4.79 Å². The third-order valence-electron chi connectivity index (χ3n) is 6.03. The predicted molar refractivity (Wildman–Crippen MR) is 151 cm³/mol. The molecule has 3 aromatic carbocycles. The van der Waals surface area contributed by atoms with Crippen LogP contribution in [0.3, 0.4) is 0 Å². The van der Waals surface area contributed by atoms with Gasteiger partial charge in [0.15, 0.2) is 5.11 Å². The van der Waals surface area contributed by atoms with Crippen molar-refractivity contribution in [3.05, 3.63) is 77.1 Å². The summed E-state index contributed by atoms with van der Waals surface area (Å²) in [5, 5.41) is 9.70. The first-order valence-electron chi connectivity index (χ1n) is 11.9. The molecular formula is C27H27ClFN5O2S. The van der Waals surface area contributed by atoms with Gasteiger partial charge in [0.25, 0.3) is 5.91 Å². The number of amides is 2. The second-order valence-corrected chi connectivity index (χ2v) is 9.58. The van der Waals surface area contributed by atoms with Crippen LogP contribution in [0.25, 0.3) is 11.1 Å². The summed E-state index contributed by atoms with van der Waals surface area (Å²) in [7, 11) is 0. The van der Waals surface area contributed by atoms with Gasteiger partial charge in [-0.15, -0.1) is 0 Å². The van der Waals surface area contributed by atoms with Gasteiger partial charge in [0, 0.05) is 16.9 Å². The fraction of sp³-hybridized carbons (Fsp3) is 0.222. The highest BCUT2D eigenvalue weighted by Crippen LogP contribution is 2.28. The number of primary amides is 1. The van der Waals surface area contributed by atoms with Crippen molar-refractivity contribution in [2.24, 2.45) is 5.73 Å². The molecule has 4 rings (SSSR count). The molecule has 1 aliphatic heterocycles. The number of carbonyl (C=O) groups is 2. The van der Waals surface area contributed by atoms with E-state index in [1.807, 2.05) is 0 Å². The standard InChI is InChI=1S/C27H27ClFN5O2S/c28-22-15-19(11-12-23(22)33-24(35)16-34-13-2-1-3-14-34)32-27(37)31-18-9-7-17(8-10-18)20-5-4-6-21(25(20)29)26(30)36/h4-12,15H,1-3,13-14,16H2,(H2,30,36)(H,33,35)(H2,31,32,37). The number of hydrogen-bond acceptors (Lipinski definition) is 4. The van der Waals surface area contributed by atoms with E-state index in [1.165, 1.54) is 12.5 Å². The zero-order valence-corrected chi connectivity index (χ0v) is 21.6. The minimum absolute atomic E-state index is 0.0913. The number of piperidine rings is 1. The summed E-state index contributed by atoms with van der Waals surface area (Å²) < 4.78 is 14.6. The highest BCUT2D eigenvalue weighted by molar-refractivity contribution is 7.80. The molecule has 1 saturated heterocycles. The van der Waals surface area contributed by atoms with Crippen molar-refractivity contribution in [3.8, 4) is 11.1 Å². The summed E-state index contributed by atoms with van der Waals surface area (Å²) >= 11 is 11.8. The van der Waals surface area contributed by atoms with Gasteiger partial charge in [-0.2, -0.15) is 0 Å².